The molecule has 0 aliphatic heterocycles. The van der Waals surface area contributed by atoms with E-state index >= 15 is 0 Å². The standard InChI is InChI=1S/C7H6FNO3/c1-4-2-3-5(8)6(7(4)10)9(11)12/h2-3,10H,1H3. The number of halogens is 1. The molecule has 12 heavy (non-hydrogen) atoms. The van der Waals surface area contributed by atoms with Gasteiger partial charge in [-0.2, -0.15) is 4.39 Å². The zero-order valence-corrected chi connectivity index (χ0v) is 6.24. The zero-order chi connectivity index (χ0) is 9.30. The Hall–Kier alpha value is -1.65. The number of phenols is 1. The van der Waals surface area contributed by atoms with E-state index in [1.54, 1.807) is 0 Å². The van der Waals surface area contributed by atoms with Gasteiger partial charge in [0, 0.05) is 0 Å². The third kappa shape index (κ3) is 1.20. The van der Waals surface area contributed by atoms with Crippen molar-refractivity contribution in [3.05, 3.63) is 33.6 Å². The van der Waals surface area contributed by atoms with E-state index in [2.05, 4.69) is 0 Å². The molecule has 1 aromatic carbocycles. The van der Waals surface area contributed by atoms with Gasteiger partial charge in [0.15, 0.2) is 0 Å². The molecule has 1 aromatic rings. The molecule has 0 aromatic heterocycles. The van der Waals surface area contributed by atoms with Crippen molar-refractivity contribution in [3.63, 3.8) is 0 Å². The largest absolute Gasteiger partial charge is 0.502 e. The second-order valence-corrected chi connectivity index (χ2v) is 2.32. The molecule has 0 heterocycles. The predicted octanol–water partition coefficient (Wildman–Crippen LogP) is 1.75. The van der Waals surface area contributed by atoms with Gasteiger partial charge in [0.2, 0.25) is 11.6 Å². The Balaban J connectivity index is 3.43. The van der Waals surface area contributed by atoms with Crippen LogP contribution in [0, 0.1) is 22.9 Å². The predicted molar refractivity (Wildman–Crippen MR) is 39.5 cm³/mol. The Bertz CT molecular complexity index is 338. The van der Waals surface area contributed by atoms with Crippen LogP contribution in [0.3, 0.4) is 0 Å². The molecule has 0 aliphatic rings. The first kappa shape index (κ1) is 8.45. The summed E-state index contributed by atoms with van der Waals surface area (Å²) < 4.78 is 12.7. The zero-order valence-electron chi connectivity index (χ0n) is 6.24. The molecule has 0 radical (unpaired) electrons. The second kappa shape index (κ2) is 2.77. The maximum atomic E-state index is 12.7. The van der Waals surface area contributed by atoms with Crippen molar-refractivity contribution in [3.8, 4) is 5.75 Å². The summed E-state index contributed by atoms with van der Waals surface area (Å²) >= 11 is 0. The number of nitro groups is 1. The smallest absolute Gasteiger partial charge is 0.346 e. The first-order valence-electron chi connectivity index (χ1n) is 3.16. The molecule has 4 nitrogen and oxygen atoms in total. The quantitative estimate of drug-likeness (QED) is 0.517. The van der Waals surface area contributed by atoms with E-state index in [9.17, 15) is 14.5 Å². The molecular formula is C7H6FNO3. The molecule has 0 fully saturated rings. The van der Waals surface area contributed by atoms with Crippen LogP contribution in [-0.4, -0.2) is 10.0 Å². The van der Waals surface area contributed by atoms with E-state index in [4.69, 9.17) is 5.11 Å². The van der Waals surface area contributed by atoms with Crippen molar-refractivity contribution in [1.82, 2.24) is 0 Å². The van der Waals surface area contributed by atoms with Crippen LogP contribution in [-0.2, 0) is 0 Å². The van der Waals surface area contributed by atoms with Crippen LogP contribution in [0.2, 0.25) is 0 Å². The number of hydrogen-bond donors (Lipinski definition) is 1. The third-order valence-corrected chi connectivity index (χ3v) is 1.49. The minimum absolute atomic E-state index is 0.281. The van der Waals surface area contributed by atoms with E-state index in [1.165, 1.54) is 13.0 Å². The maximum Gasteiger partial charge on any atom is 0.346 e. The molecule has 0 aliphatic carbocycles. The van der Waals surface area contributed by atoms with Crippen LogP contribution in [0.15, 0.2) is 12.1 Å². The Morgan fingerprint density at radius 3 is 2.58 bits per heavy atom. The number of benzene rings is 1. The van der Waals surface area contributed by atoms with Gasteiger partial charge in [0.05, 0.1) is 4.92 Å². The molecule has 0 amide bonds. The van der Waals surface area contributed by atoms with Gasteiger partial charge in [0.1, 0.15) is 0 Å². The Labute approximate surface area is 67.4 Å². The topological polar surface area (TPSA) is 63.4 Å². The van der Waals surface area contributed by atoms with E-state index in [0.717, 1.165) is 6.07 Å². The van der Waals surface area contributed by atoms with Crippen LogP contribution in [0.25, 0.3) is 0 Å². The average molecular weight is 171 g/mol. The Morgan fingerprint density at radius 1 is 1.58 bits per heavy atom. The maximum absolute atomic E-state index is 12.7. The van der Waals surface area contributed by atoms with Gasteiger partial charge in [-0.05, 0) is 18.6 Å². The van der Waals surface area contributed by atoms with Gasteiger partial charge in [-0.25, -0.2) is 0 Å². The van der Waals surface area contributed by atoms with Crippen LogP contribution < -0.4 is 0 Å². The molecule has 0 unspecified atom stereocenters. The van der Waals surface area contributed by atoms with Gasteiger partial charge < -0.3 is 5.11 Å². The average Bonchev–Trinajstić information content (AvgIpc) is 1.97. The summed E-state index contributed by atoms with van der Waals surface area (Å²) in [5, 5.41) is 19.3. The van der Waals surface area contributed by atoms with Gasteiger partial charge in [-0.15, -0.1) is 0 Å². The van der Waals surface area contributed by atoms with E-state index < -0.39 is 22.2 Å². The minimum atomic E-state index is -1.02. The lowest BCUT2D eigenvalue weighted by atomic mass is 10.2. The highest BCUT2D eigenvalue weighted by Crippen LogP contribution is 2.31. The van der Waals surface area contributed by atoms with E-state index in [0.29, 0.717) is 0 Å². The Morgan fingerprint density at radius 2 is 2.17 bits per heavy atom. The lowest BCUT2D eigenvalue weighted by Crippen LogP contribution is -1.93. The third-order valence-electron chi connectivity index (χ3n) is 1.49. The number of aromatic hydroxyl groups is 1. The monoisotopic (exact) mass is 171 g/mol. The molecular weight excluding hydrogens is 165 g/mol. The van der Waals surface area contributed by atoms with Gasteiger partial charge >= 0.3 is 5.69 Å². The summed E-state index contributed by atoms with van der Waals surface area (Å²) in [5.41, 5.74) is -0.585. The van der Waals surface area contributed by atoms with E-state index in [-0.39, 0.29) is 5.56 Å². The molecule has 64 valence electrons. The lowest BCUT2D eigenvalue weighted by molar-refractivity contribution is -0.388. The van der Waals surface area contributed by atoms with Gasteiger partial charge in [-0.1, -0.05) is 6.07 Å². The number of phenolic OH excluding ortho intramolecular Hbond substituents is 1. The van der Waals surface area contributed by atoms with Crippen molar-refractivity contribution in [1.29, 1.82) is 0 Å². The fraction of sp³-hybridized carbons (Fsp3) is 0.143. The summed E-state index contributed by atoms with van der Waals surface area (Å²) in [5.74, 6) is -1.64. The molecule has 0 spiro atoms. The molecule has 1 rings (SSSR count). The molecule has 0 bridgehead atoms. The van der Waals surface area contributed by atoms with Gasteiger partial charge in [-0.3, -0.25) is 10.1 Å². The lowest BCUT2D eigenvalue weighted by Gasteiger charge is -1.99. The summed E-state index contributed by atoms with van der Waals surface area (Å²) in [4.78, 5) is 9.25. The molecule has 0 saturated carbocycles. The molecule has 1 N–H and O–H groups in total. The number of aryl methyl sites for hydroxylation is 1. The summed E-state index contributed by atoms with van der Waals surface area (Å²) in [6.45, 7) is 1.46. The minimum Gasteiger partial charge on any atom is -0.502 e. The first-order chi connectivity index (χ1) is 5.54. The van der Waals surface area contributed by atoms with Crippen molar-refractivity contribution in [2.24, 2.45) is 0 Å². The number of hydrogen-bond acceptors (Lipinski definition) is 3. The summed E-state index contributed by atoms with van der Waals surface area (Å²) in [7, 11) is 0. The summed E-state index contributed by atoms with van der Waals surface area (Å²) in [6, 6.07) is 2.23. The van der Waals surface area contributed by atoms with Crippen LogP contribution in [0.5, 0.6) is 5.75 Å². The van der Waals surface area contributed by atoms with Crippen molar-refractivity contribution < 1.29 is 14.4 Å². The summed E-state index contributed by atoms with van der Waals surface area (Å²) in [6.07, 6.45) is 0. The fourth-order valence-electron chi connectivity index (χ4n) is 0.830. The number of rotatable bonds is 1. The highest BCUT2D eigenvalue weighted by atomic mass is 19.1. The fourth-order valence-corrected chi connectivity index (χ4v) is 0.830. The highest BCUT2D eigenvalue weighted by Gasteiger charge is 2.21. The van der Waals surface area contributed by atoms with Crippen molar-refractivity contribution >= 4 is 5.69 Å². The molecule has 0 atom stereocenters. The van der Waals surface area contributed by atoms with Crippen molar-refractivity contribution in [2.75, 3.05) is 0 Å². The normalized spacial score (nSPS) is 9.83. The SMILES string of the molecule is Cc1ccc(F)c([N+](=O)[O-])c1O. The molecule has 5 heteroatoms. The van der Waals surface area contributed by atoms with Gasteiger partial charge in [0.25, 0.3) is 0 Å². The Kier molecular flexibility index (Phi) is 1.95. The highest BCUT2D eigenvalue weighted by molar-refractivity contribution is 5.50. The van der Waals surface area contributed by atoms with Crippen LogP contribution in [0.4, 0.5) is 10.1 Å². The number of nitrogens with zero attached hydrogens (tertiary/aromatic N) is 1. The number of nitro benzene ring substituents is 1. The van der Waals surface area contributed by atoms with E-state index in [1.807, 2.05) is 0 Å². The van der Waals surface area contributed by atoms with Crippen LogP contribution in [0.1, 0.15) is 5.56 Å². The first-order valence-corrected chi connectivity index (χ1v) is 3.16. The molecule has 0 saturated heterocycles. The second-order valence-electron chi connectivity index (χ2n) is 2.32. The van der Waals surface area contributed by atoms with Crippen LogP contribution >= 0.6 is 0 Å². The van der Waals surface area contributed by atoms with Crippen molar-refractivity contribution in [2.45, 2.75) is 6.92 Å².